The number of benzene rings is 1. The molecule has 106 valence electrons. The van der Waals surface area contributed by atoms with Crippen LogP contribution < -0.4 is 5.32 Å². The van der Waals surface area contributed by atoms with Crippen LogP contribution in [-0.4, -0.2) is 30.4 Å². The molecule has 0 heterocycles. The number of para-hydroxylation sites is 1. The maximum atomic E-state index is 12.2. The van der Waals surface area contributed by atoms with Gasteiger partial charge in [-0.05, 0) is 44.4 Å². The molecule has 0 bridgehead atoms. The van der Waals surface area contributed by atoms with E-state index in [0.717, 1.165) is 18.4 Å². The minimum Gasteiger partial charge on any atom is -0.324 e. The Bertz CT molecular complexity index is 535. The number of nitrogens with zero attached hydrogens (tertiary/aromatic N) is 2. The number of carbonyl (C=O) groups excluding carboxylic acids is 1. The molecule has 0 radical (unpaired) electrons. The summed E-state index contributed by atoms with van der Waals surface area (Å²) in [4.78, 5) is 14.3. The van der Waals surface area contributed by atoms with Gasteiger partial charge in [0.25, 0.3) is 0 Å². The zero-order valence-corrected chi connectivity index (χ0v) is 12.3. The molecule has 1 aromatic rings. The van der Waals surface area contributed by atoms with Gasteiger partial charge < -0.3 is 5.32 Å². The second-order valence-electron chi connectivity index (χ2n) is 5.74. The molecule has 4 nitrogen and oxygen atoms in total. The second-order valence-corrected chi connectivity index (χ2v) is 5.74. The number of anilines is 1. The number of hydrogen-bond donors (Lipinski definition) is 1. The van der Waals surface area contributed by atoms with E-state index in [-0.39, 0.29) is 11.9 Å². The van der Waals surface area contributed by atoms with Crippen LogP contribution in [0.25, 0.3) is 0 Å². The van der Waals surface area contributed by atoms with E-state index in [1.165, 1.54) is 6.42 Å². The molecule has 3 atom stereocenters. The Hall–Kier alpha value is -1.86. The van der Waals surface area contributed by atoms with Gasteiger partial charge in [-0.3, -0.25) is 9.69 Å². The van der Waals surface area contributed by atoms with Crippen molar-refractivity contribution in [3.8, 4) is 6.07 Å². The van der Waals surface area contributed by atoms with Gasteiger partial charge in [0.1, 0.15) is 6.07 Å². The van der Waals surface area contributed by atoms with Gasteiger partial charge in [-0.1, -0.05) is 19.1 Å². The SMILES string of the molecule is CC1CC1CN(C)C(C)C(=O)Nc1ccccc1C#N. The van der Waals surface area contributed by atoms with Crippen molar-refractivity contribution in [2.75, 3.05) is 18.9 Å². The topological polar surface area (TPSA) is 56.1 Å². The van der Waals surface area contributed by atoms with Crippen molar-refractivity contribution < 1.29 is 4.79 Å². The molecular formula is C16H21N3O. The van der Waals surface area contributed by atoms with Crippen LogP contribution in [0.3, 0.4) is 0 Å². The van der Waals surface area contributed by atoms with Gasteiger partial charge >= 0.3 is 0 Å². The maximum Gasteiger partial charge on any atom is 0.241 e. The number of carbonyl (C=O) groups is 1. The molecule has 4 heteroatoms. The fourth-order valence-corrected chi connectivity index (χ4v) is 2.31. The lowest BCUT2D eigenvalue weighted by molar-refractivity contribution is -0.120. The Morgan fingerprint density at radius 1 is 1.55 bits per heavy atom. The zero-order valence-electron chi connectivity index (χ0n) is 12.3. The van der Waals surface area contributed by atoms with E-state index in [2.05, 4.69) is 23.2 Å². The van der Waals surface area contributed by atoms with Crippen LogP contribution in [0.2, 0.25) is 0 Å². The molecule has 2 rings (SSSR count). The fourth-order valence-electron chi connectivity index (χ4n) is 2.31. The van der Waals surface area contributed by atoms with E-state index < -0.39 is 0 Å². The van der Waals surface area contributed by atoms with E-state index in [1.807, 2.05) is 20.0 Å². The summed E-state index contributed by atoms with van der Waals surface area (Å²) in [5.41, 5.74) is 1.08. The lowest BCUT2D eigenvalue weighted by Crippen LogP contribution is -2.40. The van der Waals surface area contributed by atoms with Crippen molar-refractivity contribution >= 4 is 11.6 Å². The number of amides is 1. The van der Waals surface area contributed by atoms with Crippen LogP contribution in [0.5, 0.6) is 0 Å². The summed E-state index contributed by atoms with van der Waals surface area (Å²) >= 11 is 0. The van der Waals surface area contributed by atoms with Crippen LogP contribution in [0, 0.1) is 23.2 Å². The Labute approximate surface area is 120 Å². The van der Waals surface area contributed by atoms with Crippen LogP contribution in [-0.2, 0) is 4.79 Å². The first kappa shape index (κ1) is 14.5. The lowest BCUT2D eigenvalue weighted by atomic mass is 10.1. The molecule has 0 spiro atoms. The standard InChI is InChI=1S/C16H21N3O/c1-11-8-14(11)10-19(3)12(2)16(20)18-15-7-5-4-6-13(15)9-17/h4-7,11-12,14H,8,10H2,1-3H3,(H,18,20). The lowest BCUT2D eigenvalue weighted by Gasteiger charge is -2.24. The molecule has 1 amide bonds. The predicted molar refractivity (Wildman–Crippen MR) is 79.1 cm³/mol. The smallest absolute Gasteiger partial charge is 0.241 e. The molecule has 1 aliphatic carbocycles. The van der Waals surface area contributed by atoms with Crippen molar-refractivity contribution in [2.24, 2.45) is 11.8 Å². The largest absolute Gasteiger partial charge is 0.324 e. The third-order valence-electron chi connectivity index (χ3n) is 4.14. The van der Waals surface area contributed by atoms with E-state index in [1.54, 1.807) is 18.2 Å². The summed E-state index contributed by atoms with van der Waals surface area (Å²) in [6.45, 7) is 5.10. The quantitative estimate of drug-likeness (QED) is 0.895. The zero-order chi connectivity index (χ0) is 14.7. The average molecular weight is 271 g/mol. The first-order valence-electron chi connectivity index (χ1n) is 7.03. The van der Waals surface area contributed by atoms with E-state index in [0.29, 0.717) is 11.3 Å². The van der Waals surface area contributed by atoms with Crippen LogP contribution in [0.4, 0.5) is 5.69 Å². The normalized spacial score (nSPS) is 22.1. The molecule has 1 N–H and O–H groups in total. The van der Waals surface area contributed by atoms with Gasteiger partial charge in [0.2, 0.25) is 5.91 Å². The summed E-state index contributed by atoms with van der Waals surface area (Å²) in [7, 11) is 1.98. The Morgan fingerprint density at radius 3 is 2.80 bits per heavy atom. The molecule has 1 fully saturated rings. The number of rotatable bonds is 5. The van der Waals surface area contributed by atoms with Crippen LogP contribution >= 0.6 is 0 Å². The molecule has 0 aromatic heterocycles. The maximum absolute atomic E-state index is 12.2. The fraction of sp³-hybridized carbons (Fsp3) is 0.500. The molecule has 1 aliphatic rings. The Kier molecular flexibility index (Phi) is 4.41. The van der Waals surface area contributed by atoms with Crippen molar-refractivity contribution in [2.45, 2.75) is 26.3 Å². The summed E-state index contributed by atoms with van der Waals surface area (Å²) in [6.07, 6.45) is 1.26. The average Bonchev–Trinajstić information content (AvgIpc) is 3.13. The minimum atomic E-state index is -0.199. The number of nitriles is 1. The third kappa shape index (κ3) is 3.37. The molecule has 1 aromatic carbocycles. The van der Waals surface area contributed by atoms with Gasteiger partial charge in [0.05, 0.1) is 17.3 Å². The van der Waals surface area contributed by atoms with Gasteiger partial charge in [-0.2, -0.15) is 5.26 Å². The number of hydrogen-bond acceptors (Lipinski definition) is 3. The summed E-state index contributed by atoms with van der Waals surface area (Å²) in [5.74, 6) is 1.44. The summed E-state index contributed by atoms with van der Waals surface area (Å²) < 4.78 is 0. The molecule has 20 heavy (non-hydrogen) atoms. The van der Waals surface area contributed by atoms with Crippen LogP contribution in [0.1, 0.15) is 25.8 Å². The predicted octanol–water partition coefficient (Wildman–Crippen LogP) is 2.47. The van der Waals surface area contributed by atoms with Gasteiger partial charge in [0.15, 0.2) is 0 Å². The highest BCUT2D eigenvalue weighted by atomic mass is 16.2. The highest BCUT2D eigenvalue weighted by molar-refractivity contribution is 5.95. The van der Waals surface area contributed by atoms with Gasteiger partial charge in [-0.25, -0.2) is 0 Å². The highest BCUT2D eigenvalue weighted by Gasteiger charge is 2.34. The molecule has 1 saturated carbocycles. The minimum absolute atomic E-state index is 0.0662. The third-order valence-corrected chi connectivity index (χ3v) is 4.14. The van der Waals surface area contributed by atoms with Crippen LogP contribution in [0.15, 0.2) is 24.3 Å². The van der Waals surface area contributed by atoms with E-state index in [9.17, 15) is 4.79 Å². The van der Waals surface area contributed by atoms with Crippen molar-refractivity contribution in [3.63, 3.8) is 0 Å². The van der Waals surface area contributed by atoms with Gasteiger partial charge in [0, 0.05) is 6.54 Å². The molecule has 0 saturated heterocycles. The van der Waals surface area contributed by atoms with Gasteiger partial charge in [-0.15, -0.1) is 0 Å². The van der Waals surface area contributed by atoms with Crippen molar-refractivity contribution in [1.29, 1.82) is 5.26 Å². The summed E-state index contributed by atoms with van der Waals surface area (Å²) in [5, 5.41) is 11.9. The first-order valence-corrected chi connectivity index (χ1v) is 7.03. The number of nitrogens with one attached hydrogen (secondary N) is 1. The van der Waals surface area contributed by atoms with E-state index >= 15 is 0 Å². The summed E-state index contributed by atoms with van der Waals surface area (Å²) in [6, 6.07) is 8.96. The molecule has 3 unspecified atom stereocenters. The molecular weight excluding hydrogens is 250 g/mol. The highest BCUT2D eigenvalue weighted by Crippen LogP contribution is 2.38. The van der Waals surface area contributed by atoms with E-state index in [4.69, 9.17) is 5.26 Å². The molecule has 0 aliphatic heterocycles. The number of likely N-dealkylation sites (N-methyl/N-ethyl adjacent to an activating group) is 1. The van der Waals surface area contributed by atoms with Crippen molar-refractivity contribution in [1.82, 2.24) is 4.90 Å². The monoisotopic (exact) mass is 271 g/mol. The second kappa shape index (κ2) is 6.06. The van der Waals surface area contributed by atoms with Crippen molar-refractivity contribution in [3.05, 3.63) is 29.8 Å². The Morgan fingerprint density at radius 2 is 2.20 bits per heavy atom. The Balaban J connectivity index is 1.95. The first-order chi connectivity index (χ1) is 9.52.